The first kappa shape index (κ1) is 26.3. The van der Waals surface area contributed by atoms with Crippen molar-refractivity contribution in [3.63, 3.8) is 0 Å². The number of hydrogen-bond donors (Lipinski definition) is 4. The lowest BCUT2D eigenvalue weighted by Crippen LogP contribution is -2.57. The largest absolute Gasteiger partial charge is 0.479 e. The van der Waals surface area contributed by atoms with Crippen molar-refractivity contribution in [2.45, 2.75) is 49.9 Å². The van der Waals surface area contributed by atoms with Crippen LogP contribution < -0.4 is 4.57 Å². The van der Waals surface area contributed by atoms with Crippen LogP contribution in [0.25, 0.3) is 0 Å². The van der Waals surface area contributed by atoms with Crippen LogP contribution in [0, 0.1) is 0 Å². The Morgan fingerprint density at radius 3 is 2.60 bits per heavy atom. The summed E-state index contributed by atoms with van der Waals surface area (Å²) in [4.78, 5) is 11.4. The molecule has 1 saturated heterocycles. The molecule has 9 nitrogen and oxygen atoms in total. The van der Waals surface area contributed by atoms with E-state index < -0.39 is 42.7 Å². The zero-order valence-corrected chi connectivity index (χ0v) is 21.0. The Morgan fingerprint density at radius 1 is 1.17 bits per heavy atom. The van der Waals surface area contributed by atoms with Gasteiger partial charge in [-0.3, -0.25) is 0 Å². The van der Waals surface area contributed by atoms with Crippen LogP contribution >= 0.6 is 46.1 Å². The third-order valence-electron chi connectivity index (χ3n) is 5.66. The molecule has 3 aromatic rings. The molecule has 13 heteroatoms. The lowest BCUT2D eigenvalue weighted by molar-refractivity contribution is -0.705. The Hall–Kier alpha value is -1.73. The molecule has 2 aromatic heterocycles. The third kappa shape index (κ3) is 5.82. The summed E-state index contributed by atoms with van der Waals surface area (Å²) in [6.07, 6.45) is -3.70. The SMILES string of the molecule is O=C(O)[C@H]1O[C@@H](n2cc[n+](CC(OCc3ccsc3Cl)c3ccc(Cl)cc3Cl)c2)[C@H](O)[C@@H](O)[C@@H]1O. The number of carboxylic acid groups (broad SMARTS) is 1. The van der Waals surface area contributed by atoms with Crippen molar-refractivity contribution in [1.82, 2.24) is 4.57 Å². The summed E-state index contributed by atoms with van der Waals surface area (Å²) in [6.45, 7) is 0.522. The molecule has 35 heavy (non-hydrogen) atoms. The normalized spacial score (nSPS) is 25.5. The Labute approximate surface area is 219 Å². The van der Waals surface area contributed by atoms with Crippen molar-refractivity contribution in [3.05, 3.63) is 73.9 Å². The van der Waals surface area contributed by atoms with Crippen molar-refractivity contribution in [3.8, 4) is 0 Å². The smallest absolute Gasteiger partial charge is 0.335 e. The minimum Gasteiger partial charge on any atom is -0.479 e. The van der Waals surface area contributed by atoms with Crippen molar-refractivity contribution in [2.24, 2.45) is 0 Å². The van der Waals surface area contributed by atoms with Gasteiger partial charge in [0.2, 0.25) is 12.6 Å². The number of hydrogen-bond acceptors (Lipinski definition) is 7. The fraction of sp³-hybridized carbons (Fsp3) is 0.364. The molecule has 1 aliphatic rings. The summed E-state index contributed by atoms with van der Waals surface area (Å²) in [5.41, 5.74) is 1.53. The highest BCUT2D eigenvalue weighted by molar-refractivity contribution is 7.14. The van der Waals surface area contributed by atoms with Crippen LogP contribution in [-0.2, 0) is 27.4 Å². The number of carbonyl (C=O) groups is 1. The molecule has 6 atom stereocenters. The number of aromatic nitrogens is 2. The van der Waals surface area contributed by atoms with Gasteiger partial charge >= 0.3 is 5.97 Å². The van der Waals surface area contributed by atoms with Gasteiger partial charge in [-0.15, -0.1) is 11.3 Å². The number of halogens is 3. The maximum absolute atomic E-state index is 11.4. The molecule has 0 spiro atoms. The van der Waals surface area contributed by atoms with Crippen LogP contribution in [0.2, 0.25) is 14.4 Å². The Kier molecular flexibility index (Phi) is 8.37. The standard InChI is InChI=1S/C22H21Cl3N2O7S/c23-12-1-2-13(14(24)7-12)15(33-9-11-3-6-35-20(11)25)8-26-4-5-27(10-26)21-18(30)16(28)17(29)19(34-21)22(31)32/h1-7,10,15-19,21,28-30H,8-9H2/p+1/t15?,16-,17-,18+,19-,21+/m0/s1. The molecule has 1 fully saturated rings. The molecule has 4 N–H and O–H groups in total. The van der Waals surface area contributed by atoms with E-state index in [0.717, 1.165) is 5.56 Å². The highest BCUT2D eigenvalue weighted by Gasteiger charge is 2.49. The number of ether oxygens (including phenoxy) is 2. The van der Waals surface area contributed by atoms with Crippen LogP contribution in [0.15, 0.2) is 48.4 Å². The van der Waals surface area contributed by atoms with Crippen molar-refractivity contribution < 1.29 is 39.3 Å². The number of imidazole rings is 1. The summed E-state index contributed by atoms with van der Waals surface area (Å²) in [5.74, 6) is -1.45. The van der Waals surface area contributed by atoms with E-state index in [1.54, 1.807) is 41.5 Å². The molecule has 0 radical (unpaired) electrons. The molecule has 0 bridgehead atoms. The molecule has 1 unspecified atom stereocenters. The van der Waals surface area contributed by atoms with Gasteiger partial charge in [-0.1, -0.05) is 40.9 Å². The van der Waals surface area contributed by atoms with E-state index in [1.165, 1.54) is 15.9 Å². The van der Waals surface area contributed by atoms with Gasteiger partial charge in [-0.05, 0) is 23.6 Å². The maximum Gasteiger partial charge on any atom is 0.335 e. The van der Waals surface area contributed by atoms with Crippen LogP contribution in [-0.4, -0.2) is 55.4 Å². The Balaban J connectivity index is 1.56. The number of rotatable bonds is 8. The van der Waals surface area contributed by atoms with Gasteiger partial charge < -0.3 is 29.9 Å². The van der Waals surface area contributed by atoms with Crippen LogP contribution in [0.3, 0.4) is 0 Å². The molecular weight excluding hydrogens is 543 g/mol. The Morgan fingerprint density at radius 2 is 1.94 bits per heavy atom. The van der Waals surface area contributed by atoms with Gasteiger partial charge in [0, 0.05) is 21.2 Å². The van der Waals surface area contributed by atoms with Crippen LogP contribution in [0.1, 0.15) is 23.5 Å². The first-order valence-corrected chi connectivity index (χ1v) is 12.4. The number of nitrogens with zero attached hydrogens (tertiary/aromatic N) is 2. The number of aliphatic carboxylic acids is 1. The van der Waals surface area contributed by atoms with Gasteiger partial charge in [0.1, 0.15) is 43.4 Å². The van der Waals surface area contributed by atoms with Crippen molar-refractivity contribution in [2.75, 3.05) is 0 Å². The molecule has 4 rings (SSSR count). The highest BCUT2D eigenvalue weighted by atomic mass is 35.5. The topological polar surface area (TPSA) is 125 Å². The number of carboxylic acids is 1. The van der Waals surface area contributed by atoms with Crippen LogP contribution in [0.4, 0.5) is 0 Å². The van der Waals surface area contributed by atoms with Gasteiger partial charge in [0.25, 0.3) is 0 Å². The lowest BCUT2D eigenvalue weighted by Gasteiger charge is -2.36. The van der Waals surface area contributed by atoms with E-state index >= 15 is 0 Å². The molecule has 1 aliphatic heterocycles. The summed E-state index contributed by atoms with van der Waals surface area (Å²) in [6, 6.07) is 6.97. The summed E-state index contributed by atoms with van der Waals surface area (Å²) >= 11 is 20.1. The van der Waals surface area contributed by atoms with Crippen molar-refractivity contribution >= 4 is 52.1 Å². The average molecular weight is 565 g/mol. The number of thiophene rings is 1. The van der Waals surface area contributed by atoms with E-state index in [2.05, 4.69) is 0 Å². The van der Waals surface area contributed by atoms with E-state index in [0.29, 0.717) is 19.9 Å². The first-order valence-electron chi connectivity index (χ1n) is 10.4. The van der Waals surface area contributed by atoms with Gasteiger partial charge in [-0.25, -0.2) is 13.9 Å². The van der Waals surface area contributed by atoms with Crippen LogP contribution in [0.5, 0.6) is 0 Å². The summed E-state index contributed by atoms with van der Waals surface area (Å²) in [7, 11) is 0. The fourth-order valence-corrected chi connectivity index (χ4v) is 5.22. The molecular formula is C22H22Cl3N2O7S+. The van der Waals surface area contributed by atoms with Crippen molar-refractivity contribution in [1.29, 1.82) is 0 Å². The third-order valence-corrected chi connectivity index (χ3v) is 7.47. The van der Waals surface area contributed by atoms with E-state index in [9.17, 15) is 25.2 Å². The summed E-state index contributed by atoms with van der Waals surface area (Å²) < 4.78 is 15.3. The molecule has 188 valence electrons. The van der Waals surface area contributed by atoms with Gasteiger partial charge in [-0.2, -0.15) is 0 Å². The molecule has 0 amide bonds. The lowest BCUT2D eigenvalue weighted by atomic mass is 9.98. The highest BCUT2D eigenvalue weighted by Crippen LogP contribution is 2.32. The molecule has 0 saturated carbocycles. The quantitative estimate of drug-likeness (QED) is 0.310. The fourth-order valence-electron chi connectivity index (χ4n) is 3.79. The van der Waals surface area contributed by atoms with E-state index in [-0.39, 0.29) is 13.2 Å². The molecule has 1 aromatic carbocycles. The van der Waals surface area contributed by atoms with E-state index in [4.69, 9.17) is 44.3 Å². The maximum atomic E-state index is 11.4. The zero-order chi connectivity index (χ0) is 25.3. The molecule has 0 aliphatic carbocycles. The minimum atomic E-state index is -1.77. The van der Waals surface area contributed by atoms with E-state index in [1.807, 2.05) is 11.4 Å². The number of benzene rings is 1. The second-order valence-corrected chi connectivity index (χ2v) is 10.4. The monoisotopic (exact) mass is 563 g/mol. The van der Waals surface area contributed by atoms with Gasteiger partial charge in [0.15, 0.2) is 6.10 Å². The zero-order valence-electron chi connectivity index (χ0n) is 17.9. The minimum absolute atomic E-state index is 0.238. The Bertz CT molecular complexity index is 1190. The second kappa shape index (κ2) is 11.1. The predicted molar refractivity (Wildman–Crippen MR) is 128 cm³/mol. The first-order chi connectivity index (χ1) is 16.7. The molecule has 3 heterocycles. The predicted octanol–water partition coefficient (Wildman–Crippen LogP) is 2.82. The number of aliphatic hydroxyl groups is 3. The number of aliphatic hydroxyl groups excluding tert-OH is 3. The second-order valence-electron chi connectivity index (χ2n) is 8.00. The van der Waals surface area contributed by atoms with Gasteiger partial charge in [0.05, 0.1) is 10.9 Å². The summed E-state index contributed by atoms with van der Waals surface area (Å²) in [5, 5.41) is 42.5. The average Bonchev–Trinajstić information content (AvgIpc) is 3.44.